The van der Waals surface area contributed by atoms with E-state index in [9.17, 15) is 4.79 Å². The maximum atomic E-state index is 10.5. The van der Waals surface area contributed by atoms with Gasteiger partial charge in [-0.1, -0.05) is 68.4 Å². The summed E-state index contributed by atoms with van der Waals surface area (Å²) in [6.45, 7) is 2.21. The number of rotatable bonds is 14. The van der Waals surface area contributed by atoms with Gasteiger partial charge in [0.15, 0.2) is 0 Å². The van der Waals surface area contributed by atoms with Crippen LogP contribution >= 0.6 is 0 Å². The van der Waals surface area contributed by atoms with Crippen LogP contribution in [0.5, 0.6) is 0 Å². The number of allylic oxidation sites excluding steroid dienone is 8. The fraction of sp³-hybridized carbons (Fsp3) is 0.550. The van der Waals surface area contributed by atoms with Crippen molar-refractivity contribution in [3.05, 3.63) is 48.6 Å². The zero-order chi connectivity index (χ0) is 18.1. The molecule has 0 fully saturated rings. The highest BCUT2D eigenvalue weighted by Gasteiger charge is 2.31. The summed E-state index contributed by atoms with van der Waals surface area (Å²) in [4.78, 5) is 10.5. The summed E-state index contributed by atoms with van der Waals surface area (Å²) in [5, 5.41) is 26.7. The molecule has 0 aliphatic carbocycles. The Bertz CT molecular complexity index is 431. The first kappa shape index (κ1) is 22.4. The summed E-state index contributed by atoms with van der Waals surface area (Å²) >= 11 is 0. The van der Waals surface area contributed by atoms with Gasteiger partial charge in [-0.15, -0.1) is 0 Å². The molecule has 3 N–H and O–H groups in total. The number of hydrogen-bond acceptors (Lipinski definition) is 3. The zero-order valence-electron chi connectivity index (χ0n) is 14.7. The van der Waals surface area contributed by atoms with Crippen LogP contribution in [0.15, 0.2) is 48.6 Å². The molecule has 0 amide bonds. The van der Waals surface area contributed by atoms with Gasteiger partial charge in [0.1, 0.15) is 0 Å². The molecule has 0 aromatic carbocycles. The van der Waals surface area contributed by atoms with Crippen LogP contribution in [0.1, 0.15) is 64.7 Å². The van der Waals surface area contributed by atoms with E-state index >= 15 is 0 Å². The molecular weight excluding hydrogens is 304 g/mol. The van der Waals surface area contributed by atoms with Gasteiger partial charge in [0, 0.05) is 6.42 Å². The molecule has 0 atom stereocenters. The van der Waals surface area contributed by atoms with E-state index in [4.69, 9.17) is 15.3 Å². The standard InChI is InChI=1S/C20H32O4/c1-2-3-4-5-6-7-8-9-10-11-12-13-14-15-16-17-18-20(23,24)19(21)22/h6-7,10-15,23-24H,2-5,8-9,16-18H2,1H3,(H,21,22)/b7-6-,11-10+,13-12-,15-14+. The molecule has 0 spiro atoms. The molecule has 0 radical (unpaired) electrons. The third kappa shape index (κ3) is 14.0. The highest BCUT2D eigenvalue weighted by atomic mass is 16.5. The first-order valence-electron chi connectivity index (χ1n) is 8.82. The van der Waals surface area contributed by atoms with Crippen molar-refractivity contribution >= 4 is 5.97 Å². The number of aliphatic hydroxyl groups is 2. The summed E-state index contributed by atoms with van der Waals surface area (Å²) in [6.07, 6.45) is 24.2. The second-order valence-electron chi connectivity index (χ2n) is 5.80. The molecule has 4 heteroatoms. The molecule has 136 valence electrons. The molecule has 0 unspecified atom stereocenters. The number of carbonyl (C=O) groups is 1. The molecule has 4 nitrogen and oxygen atoms in total. The number of carboxylic acid groups (broad SMARTS) is 1. The summed E-state index contributed by atoms with van der Waals surface area (Å²) in [7, 11) is 0. The van der Waals surface area contributed by atoms with Crippen LogP contribution in [-0.2, 0) is 4.79 Å². The quantitative estimate of drug-likeness (QED) is 0.189. The Morgan fingerprint density at radius 3 is 1.96 bits per heavy atom. The summed E-state index contributed by atoms with van der Waals surface area (Å²) < 4.78 is 0. The van der Waals surface area contributed by atoms with Crippen molar-refractivity contribution in [2.24, 2.45) is 0 Å². The predicted octanol–water partition coefficient (Wildman–Crippen LogP) is 4.51. The van der Waals surface area contributed by atoms with Gasteiger partial charge in [0.2, 0.25) is 0 Å². The maximum Gasteiger partial charge on any atom is 0.364 e. The van der Waals surface area contributed by atoms with E-state index in [0.717, 1.165) is 12.8 Å². The molecule has 0 aromatic heterocycles. The molecule has 0 heterocycles. The third-order valence-electron chi connectivity index (χ3n) is 3.49. The molecule has 0 bridgehead atoms. The summed E-state index contributed by atoms with van der Waals surface area (Å²) in [5.41, 5.74) is 0. The fourth-order valence-electron chi connectivity index (χ4n) is 1.99. The highest BCUT2D eigenvalue weighted by Crippen LogP contribution is 2.11. The van der Waals surface area contributed by atoms with Gasteiger partial charge < -0.3 is 15.3 Å². The first-order valence-corrected chi connectivity index (χ1v) is 8.82. The lowest BCUT2D eigenvalue weighted by Gasteiger charge is -2.14. The second kappa shape index (κ2) is 14.9. The molecule has 0 aromatic rings. The van der Waals surface area contributed by atoms with Crippen molar-refractivity contribution in [2.45, 2.75) is 70.5 Å². The molecule has 0 saturated heterocycles. The number of carboxylic acids is 1. The SMILES string of the molecule is CCCCC/C=C\CC/C=C/C=C\C=C\CCCC(O)(O)C(=O)O. The van der Waals surface area contributed by atoms with Gasteiger partial charge in [-0.05, 0) is 38.5 Å². The minimum absolute atomic E-state index is 0.178. The van der Waals surface area contributed by atoms with Crippen LogP contribution < -0.4 is 0 Å². The molecule has 0 aliphatic rings. The normalized spacial score (nSPS) is 13.1. The minimum Gasteiger partial charge on any atom is -0.477 e. The van der Waals surface area contributed by atoms with E-state index in [1.807, 2.05) is 30.4 Å². The molecule has 0 aliphatic heterocycles. The third-order valence-corrected chi connectivity index (χ3v) is 3.49. The lowest BCUT2D eigenvalue weighted by molar-refractivity contribution is -0.205. The summed E-state index contributed by atoms with van der Waals surface area (Å²) in [6, 6.07) is 0. The average molecular weight is 336 g/mol. The molecule has 0 saturated carbocycles. The van der Waals surface area contributed by atoms with Crippen LogP contribution in [0.2, 0.25) is 0 Å². The highest BCUT2D eigenvalue weighted by molar-refractivity contribution is 5.74. The van der Waals surface area contributed by atoms with Crippen molar-refractivity contribution in [3.63, 3.8) is 0 Å². The van der Waals surface area contributed by atoms with Crippen LogP contribution in [-0.4, -0.2) is 27.1 Å². The van der Waals surface area contributed by atoms with Crippen LogP contribution in [0.4, 0.5) is 0 Å². The molecule has 0 rings (SSSR count). The predicted molar refractivity (Wildman–Crippen MR) is 98.6 cm³/mol. The van der Waals surface area contributed by atoms with Gasteiger partial charge in [-0.3, -0.25) is 0 Å². The van der Waals surface area contributed by atoms with E-state index in [0.29, 0.717) is 12.8 Å². The maximum absolute atomic E-state index is 10.5. The Morgan fingerprint density at radius 1 is 0.792 bits per heavy atom. The monoisotopic (exact) mass is 336 g/mol. The topological polar surface area (TPSA) is 77.8 Å². The zero-order valence-corrected chi connectivity index (χ0v) is 14.7. The van der Waals surface area contributed by atoms with E-state index in [1.54, 1.807) is 0 Å². The number of hydrogen-bond donors (Lipinski definition) is 3. The number of aliphatic carboxylic acids is 1. The van der Waals surface area contributed by atoms with Gasteiger partial charge in [-0.2, -0.15) is 0 Å². The Morgan fingerprint density at radius 2 is 1.33 bits per heavy atom. The lowest BCUT2D eigenvalue weighted by Crippen LogP contribution is -2.37. The van der Waals surface area contributed by atoms with Crippen LogP contribution in [0.25, 0.3) is 0 Å². The average Bonchev–Trinajstić information content (AvgIpc) is 2.54. The Hall–Kier alpha value is -1.65. The van der Waals surface area contributed by atoms with Gasteiger partial charge in [0.25, 0.3) is 5.79 Å². The number of unbranched alkanes of at least 4 members (excludes halogenated alkanes) is 5. The second-order valence-corrected chi connectivity index (χ2v) is 5.80. The Kier molecular flexibility index (Phi) is 13.9. The van der Waals surface area contributed by atoms with E-state index < -0.39 is 11.8 Å². The van der Waals surface area contributed by atoms with Crippen molar-refractivity contribution in [3.8, 4) is 0 Å². The Balaban J connectivity index is 3.62. The minimum atomic E-state index is -2.61. The van der Waals surface area contributed by atoms with E-state index in [2.05, 4.69) is 25.2 Å². The van der Waals surface area contributed by atoms with Crippen molar-refractivity contribution in [1.82, 2.24) is 0 Å². The first-order chi connectivity index (χ1) is 11.5. The fourth-order valence-corrected chi connectivity index (χ4v) is 1.99. The largest absolute Gasteiger partial charge is 0.477 e. The van der Waals surface area contributed by atoms with Crippen LogP contribution in [0.3, 0.4) is 0 Å². The lowest BCUT2D eigenvalue weighted by atomic mass is 10.1. The van der Waals surface area contributed by atoms with Crippen LogP contribution in [0, 0.1) is 0 Å². The van der Waals surface area contributed by atoms with Crippen molar-refractivity contribution in [1.29, 1.82) is 0 Å². The van der Waals surface area contributed by atoms with E-state index in [-0.39, 0.29) is 6.42 Å². The summed E-state index contributed by atoms with van der Waals surface area (Å²) in [5.74, 6) is -4.22. The van der Waals surface area contributed by atoms with Crippen molar-refractivity contribution in [2.75, 3.05) is 0 Å². The van der Waals surface area contributed by atoms with E-state index in [1.165, 1.54) is 25.7 Å². The van der Waals surface area contributed by atoms with Gasteiger partial charge >= 0.3 is 5.97 Å². The van der Waals surface area contributed by atoms with Gasteiger partial charge in [-0.25, -0.2) is 4.79 Å². The van der Waals surface area contributed by atoms with Crippen molar-refractivity contribution < 1.29 is 20.1 Å². The molecular formula is C20H32O4. The Labute approximate surface area is 145 Å². The smallest absolute Gasteiger partial charge is 0.364 e. The van der Waals surface area contributed by atoms with Gasteiger partial charge in [0.05, 0.1) is 0 Å². The molecule has 24 heavy (non-hydrogen) atoms.